The summed E-state index contributed by atoms with van der Waals surface area (Å²) in [6.07, 6.45) is 2.37. The third-order valence-electron chi connectivity index (χ3n) is 5.02. The maximum atomic E-state index is 13.5. The number of hydrogen-bond donors (Lipinski definition) is 0. The second kappa shape index (κ2) is 9.76. The molecule has 2 aromatic carbocycles. The van der Waals surface area contributed by atoms with E-state index in [-0.39, 0.29) is 23.5 Å². The van der Waals surface area contributed by atoms with E-state index in [1.807, 2.05) is 36.4 Å². The molecule has 29 heavy (non-hydrogen) atoms. The zero-order valence-electron chi connectivity index (χ0n) is 16.5. The van der Waals surface area contributed by atoms with E-state index in [1.54, 1.807) is 17.0 Å². The fraction of sp³-hybridized carbons (Fsp3) is 0.409. The number of carbonyl (C=O) groups excluding carboxylic acids is 1. The average Bonchev–Trinajstić information content (AvgIpc) is 3.06. The summed E-state index contributed by atoms with van der Waals surface area (Å²) in [5.74, 6) is 0.477. The minimum atomic E-state index is -3.12. The number of nitrogens with zero attached hydrogens (tertiary/aromatic N) is 1. The molecular formula is C22H26BrNO4S. The highest BCUT2D eigenvalue weighted by atomic mass is 79.9. The summed E-state index contributed by atoms with van der Waals surface area (Å²) in [6, 6.07) is 14.6. The van der Waals surface area contributed by atoms with Gasteiger partial charge in [-0.2, -0.15) is 0 Å². The van der Waals surface area contributed by atoms with E-state index in [0.29, 0.717) is 30.9 Å². The van der Waals surface area contributed by atoms with Crippen LogP contribution in [0.3, 0.4) is 0 Å². The lowest BCUT2D eigenvalue weighted by atomic mass is 10.1. The molecular weight excluding hydrogens is 454 g/mol. The Kier molecular flexibility index (Phi) is 7.35. The number of carbonyl (C=O) groups is 1. The molecule has 1 atom stereocenters. The van der Waals surface area contributed by atoms with Crippen molar-refractivity contribution in [3.8, 4) is 5.75 Å². The van der Waals surface area contributed by atoms with Crippen molar-refractivity contribution in [3.05, 3.63) is 64.1 Å². The van der Waals surface area contributed by atoms with Crippen LogP contribution >= 0.6 is 15.9 Å². The van der Waals surface area contributed by atoms with Crippen LogP contribution in [0.25, 0.3) is 0 Å². The molecule has 1 amide bonds. The number of hydrogen-bond acceptors (Lipinski definition) is 4. The Bertz CT molecular complexity index is 961. The molecule has 0 bridgehead atoms. The van der Waals surface area contributed by atoms with Gasteiger partial charge in [-0.1, -0.05) is 53.5 Å². The first kappa shape index (κ1) is 21.8. The van der Waals surface area contributed by atoms with Crippen molar-refractivity contribution >= 4 is 31.7 Å². The van der Waals surface area contributed by atoms with Crippen molar-refractivity contribution in [2.75, 3.05) is 18.1 Å². The molecule has 0 aromatic heterocycles. The summed E-state index contributed by atoms with van der Waals surface area (Å²) in [5.41, 5.74) is 1.42. The van der Waals surface area contributed by atoms with Crippen LogP contribution < -0.4 is 4.74 Å². The highest BCUT2D eigenvalue weighted by molar-refractivity contribution is 9.10. The first-order chi connectivity index (χ1) is 13.9. The van der Waals surface area contributed by atoms with Crippen molar-refractivity contribution in [2.24, 2.45) is 0 Å². The van der Waals surface area contributed by atoms with Gasteiger partial charge in [0, 0.05) is 17.1 Å². The number of amides is 1. The molecule has 0 saturated carbocycles. The third-order valence-corrected chi connectivity index (χ3v) is 7.27. The molecule has 2 aromatic rings. The largest absolute Gasteiger partial charge is 0.493 e. The Morgan fingerprint density at radius 3 is 2.69 bits per heavy atom. The smallest absolute Gasteiger partial charge is 0.258 e. The van der Waals surface area contributed by atoms with Crippen molar-refractivity contribution in [3.63, 3.8) is 0 Å². The molecule has 1 unspecified atom stereocenters. The maximum absolute atomic E-state index is 13.5. The standard InChI is InChI=1S/C22H26BrNO4S/c1-2-3-12-28-21-10-5-4-9-20(21)22(25)24(19-11-13-29(26,27)16-19)15-17-7-6-8-18(23)14-17/h4-10,14,19H,2-3,11-13,15-16H2,1H3. The highest BCUT2D eigenvalue weighted by Crippen LogP contribution is 2.27. The van der Waals surface area contributed by atoms with Gasteiger partial charge >= 0.3 is 0 Å². The summed E-state index contributed by atoms with van der Waals surface area (Å²) in [6.45, 7) is 2.98. The van der Waals surface area contributed by atoms with E-state index in [1.165, 1.54) is 0 Å². The van der Waals surface area contributed by atoms with Crippen LogP contribution in [0.1, 0.15) is 42.1 Å². The first-order valence-corrected chi connectivity index (χ1v) is 12.5. The quantitative estimate of drug-likeness (QED) is 0.524. The van der Waals surface area contributed by atoms with E-state index < -0.39 is 9.84 Å². The van der Waals surface area contributed by atoms with Crippen LogP contribution in [0, 0.1) is 0 Å². The predicted molar refractivity (Wildman–Crippen MR) is 118 cm³/mol. The van der Waals surface area contributed by atoms with Crippen LogP contribution in [-0.4, -0.2) is 43.4 Å². The lowest BCUT2D eigenvalue weighted by Gasteiger charge is -2.29. The number of halogens is 1. The summed E-state index contributed by atoms with van der Waals surface area (Å²) < 4.78 is 30.9. The fourth-order valence-electron chi connectivity index (χ4n) is 3.47. The van der Waals surface area contributed by atoms with Crippen LogP contribution in [0.4, 0.5) is 0 Å². The summed E-state index contributed by atoms with van der Waals surface area (Å²) in [5, 5.41) is 0. The van der Waals surface area contributed by atoms with Gasteiger partial charge < -0.3 is 9.64 Å². The zero-order valence-corrected chi connectivity index (χ0v) is 18.9. The molecule has 0 N–H and O–H groups in total. The molecule has 3 rings (SSSR count). The third kappa shape index (κ3) is 5.82. The molecule has 1 heterocycles. The Morgan fingerprint density at radius 1 is 1.21 bits per heavy atom. The van der Waals surface area contributed by atoms with Crippen molar-refractivity contribution < 1.29 is 17.9 Å². The number of benzene rings is 2. The van der Waals surface area contributed by atoms with Gasteiger partial charge in [0.2, 0.25) is 0 Å². The van der Waals surface area contributed by atoms with Crippen molar-refractivity contribution in [2.45, 2.75) is 38.8 Å². The number of rotatable bonds is 8. The Morgan fingerprint density at radius 2 is 2.00 bits per heavy atom. The molecule has 156 valence electrons. The van der Waals surface area contributed by atoms with Crippen LogP contribution in [0.2, 0.25) is 0 Å². The average molecular weight is 480 g/mol. The molecule has 1 aliphatic heterocycles. The van der Waals surface area contributed by atoms with Gasteiger partial charge in [-0.25, -0.2) is 8.42 Å². The van der Waals surface area contributed by atoms with E-state index in [0.717, 1.165) is 22.9 Å². The van der Waals surface area contributed by atoms with Crippen molar-refractivity contribution in [1.82, 2.24) is 4.90 Å². The molecule has 0 aliphatic carbocycles. The van der Waals surface area contributed by atoms with Gasteiger partial charge in [-0.15, -0.1) is 0 Å². The minimum absolute atomic E-state index is 0.00556. The van der Waals surface area contributed by atoms with Gasteiger partial charge in [0.15, 0.2) is 9.84 Å². The highest BCUT2D eigenvalue weighted by Gasteiger charge is 2.35. The van der Waals surface area contributed by atoms with E-state index in [9.17, 15) is 13.2 Å². The monoisotopic (exact) mass is 479 g/mol. The number of sulfone groups is 1. The second-order valence-corrected chi connectivity index (χ2v) is 10.5. The molecule has 7 heteroatoms. The Labute approximate surface area is 181 Å². The number of ether oxygens (including phenoxy) is 1. The molecule has 1 aliphatic rings. The summed E-state index contributed by atoms with van der Waals surface area (Å²) in [7, 11) is -3.12. The topological polar surface area (TPSA) is 63.7 Å². The zero-order chi connectivity index (χ0) is 20.9. The van der Waals surface area contributed by atoms with Gasteiger partial charge in [0.1, 0.15) is 5.75 Å². The first-order valence-electron chi connectivity index (χ1n) is 9.87. The molecule has 0 spiro atoms. The van der Waals surface area contributed by atoms with Gasteiger partial charge in [-0.3, -0.25) is 4.79 Å². The number of para-hydroxylation sites is 1. The molecule has 1 saturated heterocycles. The maximum Gasteiger partial charge on any atom is 0.258 e. The molecule has 0 radical (unpaired) electrons. The lowest BCUT2D eigenvalue weighted by molar-refractivity contribution is 0.0676. The summed E-state index contributed by atoms with van der Waals surface area (Å²) >= 11 is 3.46. The fourth-order valence-corrected chi connectivity index (χ4v) is 5.65. The van der Waals surface area contributed by atoms with Gasteiger partial charge in [0.25, 0.3) is 5.91 Å². The molecule has 1 fully saturated rings. The van der Waals surface area contributed by atoms with Gasteiger partial charge in [0.05, 0.1) is 23.7 Å². The summed E-state index contributed by atoms with van der Waals surface area (Å²) in [4.78, 5) is 15.2. The van der Waals surface area contributed by atoms with Crippen LogP contribution in [-0.2, 0) is 16.4 Å². The van der Waals surface area contributed by atoms with Crippen LogP contribution in [0.15, 0.2) is 53.0 Å². The van der Waals surface area contributed by atoms with Crippen molar-refractivity contribution in [1.29, 1.82) is 0 Å². The van der Waals surface area contributed by atoms with E-state index in [2.05, 4.69) is 22.9 Å². The van der Waals surface area contributed by atoms with E-state index >= 15 is 0 Å². The Hall–Kier alpha value is -1.86. The van der Waals surface area contributed by atoms with Gasteiger partial charge in [-0.05, 0) is 42.7 Å². The second-order valence-electron chi connectivity index (χ2n) is 7.32. The normalized spacial score (nSPS) is 17.8. The van der Waals surface area contributed by atoms with E-state index in [4.69, 9.17) is 4.74 Å². The Balaban J connectivity index is 1.90. The lowest BCUT2D eigenvalue weighted by Crippen LogP contribution is -2.40. The minimum Gasteiger partial charge on any atom is -0.493 e. The number of unbranched alkanes of at least 4 members (excludes halogenated alkanes) is 1. The van der Waals surface area contributed by atoms with Crippen LogP contribution in [0.5, 0.6) is 5.75 Å². The molecule has 5 nitrogen and oxygen atoms in total. The predicted octanol–water partition coefficient (Wildman–Crippen LogP) is 4.46. The SMILES string of the molecule is CCCCOc1ccccc1C(=O)N(Cc1cccc(Br)c1)C1CCS(=O)(=O)C1.